The zero-order chi connectivity index (χ0) is 63.5. The number of nitrogens with zero attached hydrogens (tertiary/aromatic N) is 13. The van der Waals surface area contributed by atoms with E-state index in [1.54, 1.807) is 74.8 Å². The Morgan fingerprint density at radius 2 is 0.933 bits per heavy atom. The minimum atomic E-state index is -1.03. The lowest BCUT2D eigenvalue weighted by atomic mass is 9.95. The summed E-state index contributed by atoms with van der Waals surface area (Å²) in [6.45, 7) is 14.1. The van der Waals surface area contributed by atoms with Crippen molar-refractivity contribution in [2.24, 2.45) is 0 Å². The van der Waals surface area contributed by atoms with E-state index in [2.05, 4.69) is 50.0 Å². The number of likely N-dealkylation sites (tertiary alicyclic amines) is 1. The minimum absolute atomic E-state index is 0.0467. The van der Waals surface area contributed by atoms with Gasteiger partial charge in [-0.1, -0.05) is 38.5 Å². The first-order valence-corrected chi connectivity index (χ1v) is 31.3. The van der Waals surface area contributed by atoms with Crippen molar-refractivity contribution in [2.45, 2.75) is 179 Å². The zero-order valence-electron chi connectivity index (χ0n) is 53.0. The fourth-order valence-corrected chi connectivity index (χ4v) is 13.0. The van der Waals surface area contributed by atoms with Gasteiger partial charge in [0.15, 0.2) is 0 Å². The fraction of sp³-hybridized carbons (Fsp3) is 0.562. The number of ether oxygens (including phenoxy) is 2. The molecule has 2 saturated carbocycles. The average molecular weight is 1220 g/mol. The molecule has 4 atom stereocenters. The van der Waals surface area contributed by atoms with Crippen LogP contribution in [0.4, 0.5) is 33.1 Å². The number of piperazine rings is 2. The Labute approximate surface area is 519 Å². The Kier molecular flexibility index (Phi) is 19.1. The summed E-state index contributed by atoms with van der Waals surface area (Å²) < 4.78 is 15.2. The smallest absolute Gasteiger partial charge is 0.410 e. The first kappa shape index (κ1) is 63.5. The second-order valence-electron chi connectivity index (χ2n) is 26.6. The van der Waals surface area contributed by atoms with Crippen LogP contribution in [0.3, 0.4) is 0 Å². The Morgan fingerprint density at radius 1 is 0.528 bits per heavy atom. The predicted octanol–water partition coefficient (Wildman–Crippen LogP) is 9.83. The van der Waals surface area contributed by atoms with E-state index in [9.17, 15) is 28.8 Å². The molecule has 4 bridgehead atoms. The summed E-state index contributed by atoms with van der Waals surface area (Å²) in [5, 5.41) is 20.2. The molecule has 25 heteroatoms. The maximum Gasteiger partial charge on any atom is 0.410 e. The molecule has 476 valence electrons. The van der Waals surface area contributed by atoms with E-state index < -0.39 is 11.6 Å². The van der Waals surface area contributed by atoms with Gasteiger partial charge in [-0.05, 0) is 129 Å². The van der Waals surface area contributed by atoms with Gasteiger partial charge in [0, 0.05) is 114 Å². The van der Waals surface area contributed by atoms with Gasteiger partial charge in [0.2, 0.25) is 11.9 Å². The van der Waals surface area contributed by atoms with Crippen molar-refractivity contribution in [1.82, 2.24) is 68.9 Å². The summed E-state index contributed by atoms with van der Waals surface area (Å²) >= 11 is 0. The Morgan fingerprint density at radius 3 is 1.31 bits per heavy atom. The van der Waals surface area contributed by atoms with Gasteiger partial charge in [0.05, 0.1) is 23.2 Å². The molecule has 6 fully saturated rings. The molecule has 25 nitrogen and oxygen atoms in total. The van der Waals surface area contributed by atoms with Gasteiger partial charge >= 0.3 is 18.2 Å². The lowest BCUT2D eigenvalue weighted by Crippen LogP contribution is -2.57. The molecule has 6 aliphatic rings. The Hall–Kier alpha value is -8.48. The SMILES string of the molecule is CC(C)(C)OC(=O)N1C2CCC1CNC2.CN(C)C(=O)c1cc2cnc(Nc3ccc(C(=O)N4CC5CCC(C4)N5C(=O)OC(C)(C)C)cn3)nc2n1C1CCCCC1.CN(C)C(=O)c1cc2cnc(Nc3ccc(C(=O)O)cn3)nc2n1C1CCCCC1. The zero-order valence-corrected chi connectivity index (χ0v) is 53.0. The van der Waals surface area contributed by atoms with Crippen LogP contribution in [0.15, 0.2) is 61.2 Å². The van der Waals surface area contributed by atoms with Crippen molar-refractivity contribution in [1.29, 1.82) is 0 Å². The van der Waals surface area contributed by atoms with E-state index in [1.807, 2.05) is 68.4 Å². The third-order valence-electron chi connectivity index (χ3n) is 17.1. The molecular formula is C64H86N16O9. The highest BCUT2D eigenvalue weighted by molar-refractivity contribution is 5.99. The summed E-state index contributed by atoms with van der Waals surface area (Å²) in [6, 6.07) is 11.3. The monoisotopic (exact) mass is 1220 g/mol. The quantitative estimate of drug-likeness (QED) is 0.0992. The predicted molar refractivity (Wildman–Crippen MR) is 336 cm³/mol. The molecule has 0 aromatic carbocycles. The number of aromatic carboxylic acids is 1. The molecule has 0 radical (unpaired) electrons. The number of fused-ring (bicyclic) bond motifs is 6. The van der Waals surface area contributed by atoms with E-state index in [0.29, 0.717) is 71.3 Å². The number of carbonyl (C=O) groups excluding carboxylic acids is 5. The first-order valence-electron chi connectivity index (χ1n) is 31.3. The van der Waals surface area contributed by atoms with Gasteiger partial charge in [0.1, 0.15) is 45.5 Å². The second-order valence-corrected chi connectivity index (χ2v) is 26.6. The summed E-state index contributed by atoms with van der Waals surface area (Å²) in [6.07, 6.45) is 20.8. The number of carboxylic acids is 1. The van der Waals surface area contributed by atoms with Gasteiger partial charge in [-0.15, -0.1) is 0 Å². The lowest BCUT2D eigenvalue weighted by molar-refractivity contribution is -0.00341. The van der Waals surface area contributed by atoms with Crippen LogP contribution < -0.4 is 16.0 Å². The maximum absolute atomic E-state index is 13.4. The molecule has 6 aromatic rings. The molecule has 5 amide bonds. The van der Waals surface area contributed by atoms with E-state index in [4.69, 9.17) is 19.6 Å². The van der Waals surface area contributed by atoms with Crippen molar-refractivity contribution in [3.63, 3.8) is 0 Å². The van der Waals surface area contributed by atoms with Crippen LogP contribution in [-0.4, -0.2) is 194 Å². The summed E-state index contributed by atoms with van der Waals surface area (Å²) in [5.41, 5.74) is 2.34. The summed E-state index contributed by atoms with van der Waals surface area (Å²) in [5.74, 6) is 0.426. The fourth-order valence-electron chi connectivity index (χ4n) is 13.0. The number of anilines is 4. The molecule has 10 heterocycles. The number of nitrogens with one attached hydrogen (secondary N) is 3. The highest BCUT2D eigenvalue weighted by atomic mass is 16.6. The standard InChI is InChI=1S/C32H42N8O4.C21H24N6O3.C11H20N2O2/c1-32(2,3)44-31(43)39-23-12-13-24(39)19-38(18-23)28(41)20-11-14-26(33-16-20)35-30-34-17-21-15-25(29(42)37(4)5)40(27(21)36-30)22-9-7-6-8-10-22;1-26(2)19(28)16-10-14-12-23-21(24-17-9-8-13(11-22-17)20(29)30)25-18(14)27(16)15-6-4-3-5-7-15;1-11(2,3)15-10(14)13-8-4-5-9(13)7-12-6-8/h11,14-17,22-24H,6-10,12-13,18-19H2,1-5H3,(H,33,34,35,36);8-12,15H,3-7H2,1-2H3,(H,29,30)(H,22,23,24,25);8-9,12H,4-7H2,1-3H3. The normalized spacial score (nSPS) is 20.2. The lowest BCUT2D eigenvalue weighted by Gasteiger charge is -2.41. The minimum Gasteiger partial charge on any atom is -0.478 e. The van der Waals surface area contributed by atoms with E-state index in [-0.39, 0.29) is 65.2 Å². The molecule has 4 N–H and O–H groups in total. The third kappa shape index (κ3) is 14.8. The van der Waals surface area contributed by atoms with Gasteiger partial charge in [-0.2, -0.15) is 9.97 Å². The van der Waals surface area contributed by atoms with Crippen LogP contribution in [0, 0.1) is 0 Å². The summed E-state index contributed by atoms with van der Waals surface area (Å²) in [7, 11) is 7.02. The van der Waals surface area contributed by atoms with Crippen molar-refractivity contribution in [2.75, 3.05) is 65.0 Å². The number of carbonyl (C=O) groups is 6. The molecule has 2 aliphatic carbocycles. The van der Waals surface area contributed by atoms with Gasteiger partial charge in [-0.3, -0.25) is 24.2 Å². The highest BCUT2D eigenvalue weighted by Crippen LogP contribution is 2.37. The molecular weight excluding hydrogens is 1140 g/mol. The number of aromatic nitrogens is 8. The van der Waals surface area contributed by atoms with E-state index in [1.165, 1.54) is 25.1 Å². The first-order chi connectivity index (χ1) is 42.4. The van der Waals surface area contributed by atoms with Gasteiger partial charge in [0.25, 0.3) is 17.7 Å². The van der Waals surface area contributed by atoms with Crippen LogP contribution in [0.2, 0.25) is 0 Å². The van der Waals surface area contributed by atoms with Gasteiger partial charge < -0.3 is 54.4 Å². The molecule has 4 aliphatic heterocycles. The van der Waals surface area contributed by atoms with Crippen LogP contribution in [-0.2, 0) is 9.47 Å². The number of hydrogen-bond donors (Lipinski definition) is 4. The van der Waals surface area contributed by atoms with Crippen molar-refractivity contribution >= 4 is 81.5 Å². The number of amides is 5. The number of carboxylic acid groups (broad SMARTS) is 1. The van der Waals surface area contributed by atoms with Crippen LogP contribution >= 0.6 is 0 Å². The van der Waals surface area contributed by atoms with Crippen molar-refractivity contribution in [3.05, 3.63) is 83.7 Å². The molecule has 12 rings (SSSR count). The van der Waals surface area contributed by atoms with Crippen LogP contribution in [0.25, 0.3) is 22.1 Å². The van der Waals surface area contributed by atoms with Crippen molar-refractivity contribution in [3.8, 4) is 0 Å². The topological polar surface area (TPSA) is 281 Å². The largest absolute Gasteiger partial charge is 0.478 e. The average Bonchev–Trinajstić information content (AvgIpc) is 3.05. The van der Waals surface area contributed by atoms with E-state index in [0.717, 1.165) is 107 Å². The van der Waals surface area contributed by atoms with E-state index >= 15 is 0 Å². The molecule has 6 aromatic heterocycles. The van der Waals surface area contributed by atoms with Crippen LogP contribution in [0.5, 0.6) is 0 Å². The Bertz CT molecular complexity index is 3510. The number of hydrogen-bond acceptors (Lipinski definition) is 17. The van der Waals surface area contributed by atoms with Crippen LogP contribution in [0.1, 0.15) is 185 Å². The Balaban J connectivity index is 0.000000166. The number of rotatable bonds is 10. The third-order valence-corrected chi connectivity index (χ3v) is 17.1. The van der Waals surface area contributed by atoms with Gasteiger partial charge in [-0.25, -0.2) is 34.3 Å². The maximum atomic E-state index is 13.4. The highest BCUT2D eigenvalue weighted by Gasteiger charge is 2.46. The van der Waals surface area contributed by atoms with Crippen molar-refractivity contribution < 1.29 is 43.3 Å². The molecule has 0 spiro atoms. The second kappa shape index (κ2) is 26.7. The number of pyridine rings is 2. The summed E-state index contributed by atoms with van der Waals surface area (Å²) in [4.78, 5) is 111. The molecule has 4 saturated heterocycles. The molecule has 89 heavy (non-hydrogen) atoms. The molecule has 4 unspecified atom stereocenters.